The lowest BCUT2D eigenvalue weighted by molar-refractivity contribution is -0.125. The number of benzene rings is 2. The SMILES string of the molecule is Cc1ccc(CSCCNC(=O)C2CCN(c3nc4ccccc4o3)CC2)cc1. The number of hydrogen-bond acceptors (Lipinski definition) is 5. The maximum atomic E-state index is 12.5. The third-order valence-corrected chi connectivity index (χ3v) is 6.38. The molecule has 1 aliphatic heterocycles. The minimum Gasteiger partial charge on any atom is -0.423 e. The molecule has 5 nitrogen and oxygen atoms in total. The Balaban J connectivity index is 1.16. The summed E-state index contributed by atoms with van der Waals surface area (Å²) in [5.41, 5.74) is 4.31. The average Bonchev–Trinajstić information content (AvgIpc) is 3.19. The summed E-state index contributed by atoms with van der Waals surface area (Å²) in [4.78, 5) is 19.2. The number of fused-ring (bicyclic) bond motifs is 1. The Morgan fingerprint density at radius 2 is 1.93 bits per heavy atom. The third-order valence-electron chi connectivity index (χ3n) is 5.35. The van der Waals surface area contributed by atoms with Crippen LogP contribution in [0.25, 0.3) is 11.1 Å². The van der Waals surface area contributed by atoms with Crippen molar-refractivity contribution in [1.29, 1.82) is 0 Å². The fraction of sp³-hybridized carbons (Fsp3) is 0.391. The monoisotopic (exact) mass is 409 g/mol. The van der Waals surface area contributed by atoms with E-state index in [9.17, 15) is 4.79 Å². The number of para-hydroxylation sites is 2. The Labute approximate surface area is 175 Å². The van der Waals surface area contributed by atoms with Gasteiger partial charge in [-0.3, -0.25) is 4.79 Å². The Bertz CT molecular complexity index is 913. The van der Waals surface area contributed by atoms with E-state index in [0.29, 0.717) is 6.01 Å². The number of hydrogen-bond donors (Lipinski definition) is 1. The van der Waals surface area contributed by atoms with Gasteiger partial charge in [-0.2, -0.15) is 16.7 Å². The van der Waals surface area contributed by atoms with Crippen LogP contribution < -0.4 is 10.2 Å². The number of rotatable bonds is 7. The smallest absolute Gasteiger partial charge is 0.298 e. The van der Waals surface area contributed by atoms with Crippen molar-refractivity contribution < 1.29 is 9.21 Å². The van der Waals surface area contributed by atoms with E-state index >= 15 is 0 Å². The van der Waals surface area contributed by atoms with Crippen molar-refractivity contribution in [2.75, 3.05) is 30.3 Å². The van der Waals surface area contributed by atoms with E-state index < -0.39 is 0 Å². The fourth-order valence-electron chi connectivity index (χ4n) is 3.59. The number of anilines is 1. The van der Waals surface area contributed by atoms with Gasteiger partial charge in [-0.15, -0.1) is 0 Å². The second kappa shape index (κ2) is 9.35. The van der Waals surface area contributed by atoms with Crippen molar-refractivity contribution in [3.63, 3.8) is 0 Å². The molecule has 3 aromatic rings. The molecule has 0 radical (unpaired) electrons. The van der Waals surface area contributed by atoms with E-state index in [0.717, 1.165) is 55.1 Å². The highest BCUT2D eigenvalue weighted by Gasteiger charge is 2.26. The number of aromatic nitrogens is 1. The predicted molar refractivity (Wildman–Crippen MR) is 119 cm³/mol. The summed E-state index contributed by atoms with van der Waals surface area (Å²) < 4.78 is 5.85. The van der Waals surface area contributed by atoms with Gasteiger partial charge < -0.3 is 14.6 Å². The van der Waals surface area contributed by atoms with Crippen molar-refractivity contribution in [2.45, 2.75) is 25.5 Å². The summed E-state index contributed by atoms with van der Waals surface area (Å²) in [7, 11) is 0. The van der Waals surface area contributed by atoms with Gasteiger partial charge in [-0.25, -0.2) is 0 Å². The summed E-state index contributed by atoms with van der Waals surface area (Å²) in [5, 5.41) is 3.11. The van der Waals surface area contributed by atoms with Crippen LogP contribution in [0.5, 0.6) is 0 Å². The predicted octanol–water partition coefficient (Wildman–Crippen LogP) is 4.40. The van der Waals surface area contributed by atoms with E-state index in [-0.39, 0.29) is 11.8 Å². The molecule has 1 aromatic heterocycles. The van der Waals surface area contributed by atoms with E-state index in [1.165, 1.54) is 11.1 Å². The molecule has 1 N–H and O–H groups in total. The molecule has 29 heavy (non-hydrogen) atoms. The van der Waals surface area contributed by atoms with Gasteiger partial charge in [0.2, 0.25) is 5.91 Å². The van der Waals surface area contributed by atoms with Crippen LogP contribution in [0.1, 0.15) is 24.0 Å². The zero-order valence-corrected chi connectivity index (χ0v) is 17.6. The first kappa shape index (κ1) is 19.8. The van der Waals surface area contributed by atoms with Gasteiger partial charge >= 0.3 is 0 Å². The molecular weight excluding hydrogens is 382 g/mol. The molecular formula is C23H27N3O2S. The van der Waals surface area contributed by atoms with E-state index in [4.69, 9.17) is 4.42 Å². The van der Waals surface area contributed by atoms with E-state index in [1.54, 1.807) is 0 Å². The maximum Gasteiger partial charge on any atom is 0.298 e. The number of carbonyl (C=O) groups excluding carboxylic acids is 1. The Morgan fingerprint density at radius 3 is 2.69 bits per heavy atom. The molecule has 2 aromatic carbocycles. The normalized spacial score (nSPS) is 15.0. The Morgan fingerprint density at radius 1 is 1.17 bits per heavy atom. The number of piperidine rings is 1. The standard InChI is InChI=1S/C23H27N3O2S/c1-17-6-8-18(9-7-17)16-29-15-12-24-22(27)19-10-13-26(14-11-19)23-25-20-4-2-3-5-21(20)28-23/h2-9,19H,10-16H2,1H3,(H,24,27). The molecule has 1 fully saturated rings. The highest BCUT2D eigenvalue weighted by atomic mass is 32.2. The number of oxazole rings is 1. The molecule has 0 spiro atoms. The first-order valence-electron chi connectivity index (χ1n) is 10.2. The molecule has 2 heterocycles. The molecule has 0 unspecified atom stereocenters. The molecule has 0 bridgehead atoms. The van der Waals surface area contributed by atoms with Crippen LogP contribution in [-0.4, -0.2) is 36.3 Å². The number of amides is 1. The maximum absolute atomic E-state index is 12.5. The number of carbonyl (C=O) groups is 1. The van der Waals surface area contributed by atoms with Crippen LogP contribution in [0.15, 0.2) is 52.9 Å². The van der Waals surface area contributed by atoms with Crippen molar-refractivity contribution in [3.8, 4) is 0 Å². The van der Waals surface area contributed by atoms with Crippen LogP contribution in [0.2, 0.25) is 0 Å². The van der Waals surface area contributed by atoms with Gasteiger partial charge in [0.25, 0.3) is 6.01 Å². The van der Waals surface area contributed by atoms with Crippen molar-refractivity contribution in [1.82, 2.24) is 10.3 Å². The lowest BCUT2D eigenvalue weighted by Gasteiger charge is -2.30. The Kier molecular flexibility index (Phi) is 6.39. The molecule has 152 valence electrons. The van der Waals surface area contributed by atoms with Crippen LogP contribution >= 0.6 is 11.8 Å². The number of thioether (sulfide) groups is 1. The number of nitrogens with zero attached hydrogens (tertiary/aromatic N) is 2. The van der Waals surface area contributed by atoms with Crippen molar-refractivity contribution in [3.05, 3.63) is 59.7 Å². The first-order chi connectivity index (χ1) is 14.2. The first-order valence-corrected chi connectivity index (χ1v) is 11.4. The zero-order chi connectivity index (χ0) is 20.1. The fourth-order valence-corrected chi connectivity index (χ4v) is 4.41. The second-order valence-corrected chi connectivity index (χ2v) is 8.66. The highest BCUT2D eigenvalue weighted by molar-refractivity contribution is 7.98. The van der Waals surface area contributed by atoms with Crippen LogP contribution in [0.3, 0.4) is 0 Å². The summed E-state index contributed by atoms with van der Waals surface area (Å²) in [6, 6.07) is 17.1. The minimum atomic E-state index is 0.0812. The van der Waals surface area contributed by atoms with Gasteiger partial charge in [-0.1, -0.05) is 42.0 Å². The largest absolute Gasteiger partial charge is 0.423 e. The third kappa shape index (κ3) is 5.12. The van der Waals surface area contributed by atoms with Crippen LogP contribution in [0.4, 0.5) is 6.01 Å². The van der Waals surface area contributed by atoms with Gasteiger partial charge in [-0.05, 0) is 37.5 Å². The molecule has 0 atom stereocenters. The zero-order valence-electron chi connectivity index (χ0n) is 16.8. The topological polar surface area (TPSA) is 58.4 Å². The lowest BCUT2D eigenvalue weighted by atomic mass is 9.96. The quantitative estimate of drug-likeness (QED) is 0.586. The van der Waals surface area contributed by atoms with Gasteiger partial charge in [0.05, 0.1) is 0 Å². The van der Waals surface area contributed by atoms with Crippen molar-refractivity contribution in [2.24, 2.45) is 5.92 Å². The Hall–Kier alpha value is -2.47. The highest BCUT2D eigenvalue weighted by Crippen LogP contribution is 2.26. The van der Waals surface area contributed by atoms with Crippen molar-refractivity contribution >= 4 is 34.8 Å². The van der Waals surface area contributed by atoms with Crippen LogP contribution in [-0.2, 0) is 10.5 Å². The molecule has 1 aliphatic rings. The summed E-state index contributed by atoms with van der Waals surface area (Å²) in [6.45, 7) is 4.42. The molecule has 0 saturated carbocycles. The van der Waals surface area contributed by atoms with Gasteiger partial charge in [0.15, 0.2) is 5.58 Å². The summed E-state index contributed by atoms with van der Waals surface area (Å²) >= 11 is 1.86. The minimum absolute atomic E-state index is 0.0812. The van der Waals surface area contributed by atoms with Crippen LogP contribution in [0, 0.1) is 12.8 Å². The average molecular weight is 410 g/mol. The second-order valence-electron chi connectivity index (χ2n) is 7.55. The number of aryl methyl sites for hydroxylation is 1. The van der Waals surface area contributed by atoms with E-state index in [2.05, 4.69) is 46.4 Å². The lowest BCUT2D eigenvalue weighted by Crippen LogP contribution is -2.41. The van der Waals surface area contributed by atoms with E-state index in [1.807, 2.05) is 36.0 Å². The number of nitrogens with one attached hydrogen (secondary N) is 1. The molecule has 4 rings (SSSR count). The molecule has 6 heteroatoms. The summed E-state index contributed by atoms with van der Waals surface area (Å²) in [6.07, 6.45) is 1.67. The summed E-state index contributed by atoms with van der Waals surface area (Å²) in [5.74, 6) is 2.18. The molecule has 0 aliphatic carbocycles. The molecule has 1 amide bonds. The van der Waals surface area contributed by atoms with Gasteiger partial charge in [0.1, 0.15) is 5.52 Å². The molecule has 1 saturated heterocycles. The van der Waals surface area contributed by atoms with Gasteiger partial charge in [0, 0.05) is 37.1 Å².